The fourth-order valence-corrected chi connectivity index (χ4v) is 3.86. The molecular weight excluding hydrogens is 256 g/mol. The Kier molecular flexibility index (Phi) is 3.16. The smallest absolute Gasteiger partial charge is 0.0608 e. The lowest BCUT2D eigenvalue weighted by Crippen LogP contribution is -2.22. The molecule has 2 unspecified atom stereocenters. The maximum absolute atomic E-state index is 10.5. The number of fused-ring (bicyclic) bond motifs is 3. The number of benzene rings is 3. The van der Waals surface area contributed by atoms with Crippen LogP contribution in [0.4, 0.5) is 0 Å². The van der Waals surface area contributed by atoms with Crippen molar-refractivity contribution in [3.05, 3.63) is 60.2 Å². The summed E-state index contributed by atoms with van der Waals surface area (Å²) in [4.78, 5) is 0. The Morgan fingerprint density at radius 1 is 0.762 bits per heavy atom. The molecule has 0 amide bonds. The largest absolute Gasteiger partial charge is 0.392 e. The van der Waals surface area contributed by atoms with Crippen LogP contribution in [0.3, 0.4) is 0 Å². The van der Waals surface area contributed by atoms with Crippen LogP contribution in [0.2, 0.25) is 0 Å². The molecule has 1 aliphatic rings. The van der Waals surface area contributed by atoms with Crippen molar-refractivity contribution in [2.75, 3.05) is 0 Å². The first-order chi connectivity index (χ1) is 10.3. The molecular formula is C20H20O. The van der Waals surface area contributed by atoms with Gasteiger partial charge in [0.2, 0.25) is 0 Å². The van der Waals surface area contributed by atoms with Gasteiger partial charge >= 0.3 is 0 Å². The highest BCUT2D eigenvalue weighted by Crippen LogP contribution is 2.39. The number of hydrogen-bond donors (Lipinski definition) is 1. The van der Waals surface area contributed by atoms with Gasteiger partial charge < -0.3 is 5.11 Å². The Hall–Kier alpha value is -1.86. The summed E-state index contributed by atoms with van der Waals surface area (Å²) >= 11 is 0. The fraction of sp³-hybridized carbons (Fsp3) is 0.300. The van der Waals surface area contributed by atoms with Gasteiger partial charge in [0.25, 0.3) is 0 Å². The van der Waals surface area contributed by atoms with Crippen molar-refractivity contribution in [2.45, 2.75) is 37.7 Å². The lowest BCUT2D eigenvalue weighted by molar-refractivity contribution is 0.107. The van der Waals surface area contributed by atoms with Crippen molar-refractivity contribution in [3.63, 3.8) is 0 Å². The normalized spacial score (nSPS) is 22.7. The number of rotatable bonds is 1. The van der Waals surface area contributed by atoms with Gasteiger partial charge in [0.1, 0.15) is 0 Å². The van der Waals surface area contributed by atoms with Gasteiger partial charge in [-0.3, -0.25) is 0 Å². The molecule has 0 bridgehead atoms. The third kappa shape index (κ3) is 2.13. The Labute approximate surface area is 125 Å². The summed E-state index contributed by atoms with van der Waals surface area (Å²) in [6, 6.07) is 19.5. The van der Waals surface area contributed by atoms with Crippen molar-refractivity contribution in [1.82, 2.24) is 0 Å². The predicted molar refractivity (Wildman–Crippen MR) is 88.7 cm³/mol. The van der Waals surface area contributed by atoms with E-state index in [1.165, 1.54) is 33.5 Å². The molecule has 0 aromatic heterocycles. The van der Waals surface area contributed by atoms with E-state index < -0.39 is 0 Å². The van der Waals surface area contributed by atoms with Crippen molar-refractivity contribution in [3.8, 4) is 0 Å². The van der Waals surface area contributed by atoms with Crippen molar-refractivity contribution in [2.24, 2.45) is 0 Å². The topological polar surface area (TPSA) is 20.2 Å². The maximum Gasteiger partial charge on any atom is 0.0608 e. The summed E-state index contributed by atoms with van der Waals surface area (Å²) in [5, 5.41) is 15.7. The van der Waals surface area contributed by atoms with Gasteiger partial charge in [0.15, 0.2) is 0 Å². The first-order valence-electron chi connectivity index (χ1n) is 7.93. The molecule has 21 heavy (non-hydrogen) atoms. The summed E-state index contributed by atoms with van der Waals surface area (Å²) in [6.07, 6.45) is 4.23. The second kappa shape index (κ2) is 5.16. The summed E-state index contributed by atoms with van der Waals surface area (Å²) in [6.45, 7) is 0. The zero-order chi connectivity index (χ0) is 14.2. The van der Waals surface area contributed by atoms with Gasteiger partial charge in [0.05, 0.1) is 6.10 Å². The van der Waals surface area contributed by atoms with Gasteiger partial charge in [-0.05, 0) is 39.9 Å². The first kappa shape index (κ1) is 12.8. The average molecular weight is 276 g/mol. The van der Waals surface area contributed by atoms with Gasteiger partial charge in [-0.25, -0.2) is 0 Å². The Morgan fingerprint density at radius 2 is 1.43 bits per heavy atom. The van der Waals surface area contributed by atoms with Crippen LogP contribution in [0.5, 0.6) is 0 Å². The summed E-state index contributed by atoms with van der Waals surface area (Å²) < 4.78 is 0. The molecule has 4 rings (SSSR count). The minimum atomic E-state index is -0.191. The molecule has 1 nitrogen and oxygen atoms in total. The van der Waals surface area contributed by atoms with Crippen LogP contribution in [0, 0.1) is 0 Å². The SMILES string of the molecule is OC1CCCCC1c1cc2ccccc2c2ccccc12. The van der Waals surface area contributed by atoms with E-state index in [4.69, 9.17) is 0 Å². The second-order valence-electron chi connectivity index (χ2n) is 6.19. The molecule has 1 fully saturated rings. The maximum atomic E-state index is 10.5. The Balaban J connectivity index is 2.02. The van der Waals surface area contributed by atoms with E-state index in [1.54, 1.807) is 0 Å². The second-order valence-corrected chi connectivity index (χ2v) is 6.19. The Morgan fingerprint density at radius 3 is 2.24 bits per heavy atom. The van der Waals surface area contributed by atoms with Gasteiger partial charge in [-0.2, -0.15) is 0 Å². The molecule has 1 heteroatoms. The highest BCUT2D eigenvalue weighted by molar-refractivity contribution is 6.09. The molecule has 0 aliphatic heterocycles. The van der Waals surface area contributed by atoms with E-state index in [0.29, 0.717) is 0 Å². The molecule has 0 heterocycles. The third-order valence-corrected chi connectivity index (χ3v) is 4.93. The van der Waals surface area contributed by atoms with Crippen molar-refractivity contribution >= 4 is 21.5 Å². The van der Waals surface area contributed by atoms with Crippen molar-refractivity contribution in [1.29, 1.82) is 0 Å². The summed E-state index contributed by atoms with van der Waals surface area (Å²) in [5.74, 6) is 0.285. The monoisotopic (exact) mass is 276 g/mol. The molecule has 3 aromatic carbocycles. The zero-order valence-corrected chi connectivity index (χ0v) is 12.1. The van der Waals surface area contributed by atoms with Crippen LogP contribution in [0.15, 0.2) is 54.6 Å². The number of hydrogen-bond acceptors (Lipinski definition) is 1. The van der Waals surface area contributed by atoms with Crippen LogP contribution in [-0.2, 0) is 0 Å². The highest BCUT2D eigenvalue weighted by atomic mass is 16.3. The quantitative estimate of drug-likeness (QED) is 0.619. The van der Waals surface area contributed by atoms with Crippen LogP contribution < -0.4 is 0 Å². The zero-order valence-electron chi connectivity index (χ0n) is 12.1. The van der Waals surface area contributed by atoms with Gasteiger partial charge in [-0.15, -0.1) is 0 Å². The van der Waals surface area contributed by atoms with Crippen LogP contribution in [0.25, 0.3) is 21.5 Å². The summed E-state index contributed by atoms with van der Waals surface area (Å²) in [7, 11) is 0. The molecule has 0 spiro atoms. The molecule has 106 valence electrons. The minimum Gasteiger partial charge on any atom is -0.392 e. The standard InChI is InChI=1S/C20H20O/c21-20-12-6-5-11-18(20)19-13-14-7-1-2-8-15(14)16-9-3-4-10-17(16)19/h1-4,7-10,13,18,20-21H,5-6,11-12H2. The minimum absolute atomic E-state index is 0.191. The average Bonchev–Trinajstić information content (AvgIpc) is 2.55. The third-order valence-electron chi connectivity index (χ3n) is 4.93. The molecule has 1 N–H and O–H groups in total. The van der Waals surface area contributed by atoms with Gasteiger partial charge in [-0.1, -0.05) is 67.4 Å². The molecule has 1 aliphatic carbocycles. The van der Waals surface area contributed by atoms with Crippen LogP contribution in [-0.4, -0.2) is 11.2 Å². The molecule has 3 aromatic rings. The van der Waals surface area contributed by atoms with Crippen LogP contribution in [0.1, 0.15) is 37.2 Å². The fourth-order valence-electron chi connectivity index (χ4n) is 3.86. The molecule has 0 radical (unpaired) electrons. The van der Waals surface area contributed by atoms with E-state index in [2.05, 4.69) is 54.6 Å². The predicted octanol–water partition coefficient (Wildman–Crippen LogP) is 5.01. The number of aliphatic hydroxyl groups excluding tert-OH is 1. The van der Waals surface area contributed by atoms with E-state index >= 15 is 0 Å². The molecule has 1 saturated carbocycles. The van der Waals surface area contributed by atoms with E-state index in [1.807, 2.05) is 0 Å². The summed E-state index contributed by atoms with van der Waals surface area (Å²) in [5.41, 5.74) is 1.33. The Bertz CT molecular complexity index is 790. The first-order valence-corrected chi connectivity index (χ1v) is 7.93. The number of aliphatic hydroxyl groups is 1. The van der Waals surface area contributed by atoms with Crippen LogP contribution >= 0.6 is 0 Å². The van der Waals surface area contributed by atoms with Crippen molar-refractivity contribution < 1.29 is 5.11 Å². The van der Waals surface area contributed by atoms with Gasteiger partial charge in [0, 0.05) is 5.92 Å². The lowest BCUT2D eigenvalue weighted by atomic mass is 9.79. The highest BCUT2D eigenvalue weighted by Gasteiger charge is 2.26. The van der Waals surface area contributed by atoms with E-state index in [-0.39, 0.29) is 12.0 Å². The van der Waals surface area contributed by atoms with E-state index in [0.717, 1.165) is 19.3 Å². The molecule has 0 saturated heterocycles. The lowest BCUT2D eigenvalue weighted by Gasteiger charge is -2.29. The van der Waals surface area contributed by atoms with E-state index in [9.17, 15) is 5.11 Å². The molecule has 2 atom stereocenters.